The van der Waals surface area contributed by atoms with E-state index in [0.717, 1.165) is 24.4 Å². The fraction of sp³-hybridized carbons (Fsp3) is 0.571. The van der Waals surface area contributed by atoms with Crippen molar-refractivity contribution in [2.75, 3.05) is 19.8 Å². The lowest BCUT2D eigenvalue weighted by molar-refractivity contribution is -0.134. The number of aromatic nitrogens is 3. The fourth-order valence-electron chi connectivity index (χ4n) is 3.82. The minimum Gasteiger partial charge on any atom is -0.337 e. The van der Waals surface area contributed by atoms with Gasteiger partial charge in [-0.1, -0.05) is 11.8 Å². The van der Waals surface area contributed by atoms with E-state index in [9.17, 15) is 9.18 Å². The number of halogens is 1. The van der Waals surface area contributed by atoms with Crippen LogP contribution in [0.15, 0.2) is 29.4 Å². The van der Waals surface area contributed by atoms with Crippen LogP contribution in [-0.2, 0) is 4.79 Å². The van der Waals surface area contributed by atoms with Gasteiger partial charge in [0.2, 0.25) is 5.91 Å². The molecule has 1 amide bonds. The Kier molecular flexibility index (Phi) is 6.95. The lowest BCUT2D eigenvalue weighted by Gasteiger charge is -2.39. The van der Waals surface area contributed by atoms with Gasteiger partial charge < -0.3 is 4.90 Å². The summed E-state index contributed by atoms with van der Waals surface area (Å²) in [5.74, 6) is 0.910. The van der Waals surface area contributed by atoms with Crippen LogP contribution in [0.2, 0.25) is 0 Å². The molecule has 0 unspecified atom stereocenters. The Balaban J connectivity index is 1.85. The number of piperidine rings is 1. The van der Waals surface area contributed by atoms with E-state index >= 15 is 0 Å². The topological polar surface area (TPSA) is 54.3 Å². The van der Waals surface area contributed by atoms with Crippen molar-refractivity contribution in [2.45, 2.75) is 63.3 Å². The normalized spacial score (nSPS) is 20.9. The van der Waals surface area contributed by atoms with Gasteiger partial charge in [-0.05, 0) is 78.4 Å². The third-order valence-electron chi connectivity index (χ3n) is 5.70. The first-order valence-corrected chi connectivity index (χ1v) is 11.1. The van der Waals surface area contributed by atoms with Crippen LogP contribution in [0.3, 0.4) is 0 Å². The van der Waals surface area contributed by atoms with Gasteiger partial charge in [0.05, 0.1) is 11.8 Å². The number of hydrogen-bond acceptors (Lipinski definition) is 5. The molecule has 158 valence electrons. The second kappa shape index (κ2) is 9.26. The van der Waals surface area contributed by atoms with Crippen LogP contribution in [0.1, 0.15) is 51.9 Å². The summed E-state index contributed by atoms with van der Waals surface area (Å²) >= 11 is 1.39. The average molecular weight is 420 g/mol. The van der Waals surface area contributed by atoms with Gasteiger partial charge in [-0.2, -0.15) is 0 Å². The first-order valence-electron chi connectivity index (χ1n) is 10.1. The quantitative estimate of drug-likeness (QED) is 0.665. The molecule has 0 N–H and O–H groups in total. The maximum atomic E-state index is 13.4. The number of carbonyl (C=O) groups is 1. The molecule has 6 nitrogen and oxygen atoms in total. The van der Waals surface area contributed by atoms with Gasteiger partial charge in [0.15, 0.2) is 11.0 Å². The molecule has 3 rings (SSSR count). The summed E-state index contributed by atoms with van der Waals surface area (Å²) in [6, 6.07) is 6.83. The summed E-state index contributed by atoms with van der Waals surface area (Å²) in [4.78, 5) is 17.0. The number of likely N-dealkylation sites (tertiary alicyclic amines) is 1. The van der Waals surface area contributed by atoms with E-state index in [1.54, 1.807) is 12.1 Å². The fourth-order valence-corrected chi connectivity index (χ4v) is 4.65. The van der Waals surface area contributed by atoms with Gasteiger partial charge in [-0.25, -0.2) is 4.39 Å². The number of hydrogen-bond donors (Lipinski definition) is 0. The van der Waals surface area contributed by atoms with Crippen molar-refractivity contribution in [3.63, 3.8) is 0 Å². The lowest BCUT2D eigenvalue weighted by Crippen LogP contribution is -2.48. The number of benzene rings is 1. The molecule has 1 fully saturated rings. The second-order valence-corrected chi connectivity index (χ2v) is 8.95. The zero-order valence-corrected chi connectivity index (χ0v) is 18.6. The lowest BCUT2D eigenvalue weighted by atomic mass is 9.98. The molecule has 1 aromatic heterocycles. The Morgan fingerprint density at radius 1 is 1.21 bits per heavy atom. The summed E-state index contributed by atoms with van der Waals surface area (Å²) in [5.41, 5.74) is 0.787. The van der Waals surface area contributed by atoms with Crippen LogP contribution in [0.25, 0.3) is 5.69 Å². The molecule has 1 aliphatic heterocycles. The van der Waals surface area contributed by atoms with Crippen LogP contribution in [0.5, 0.6) is 0 Å². The smallest absolute Gasteiger partial charge is 0.233 e. The van der Waals surface area contributed by atoms with Crippen LogP contribution in [-0.4, -0.2) is 62.4 Å². The zero-order chi connectivity index (χ0) is 21.1. The third kappa shape index (κ3) is 4.80. The van der Waals surface area contributed by atoms with Gasteiger partial charge >= 0.3 is 0 Å². The summed E-state index contributed by atoms with van der Waals surface area (Å²) in [7, 11) is 3.95. The van der Waals surface area contributed by atoms with Crippen molar-refractivity contribution in [1.29, 1.82) is 0 Å². The summed E-state index contributed by atoms with van der Waals surface area (Å²) in [6.45, 7) is 6.28. The molecule has 2 aromatic rings. The average Bonchev–Trinajstić information content (AvgIpc) is 3.10. The van der Waals surface area contributed by atoms with E-state index in [4.69, 9.17) is 0 Å². The minimum atomic E-state index is -0.290. The molecule has 1 aromatic carbocycles. The summed E-state index contributed by atoms with van der Waals surface area (Å²) < 4.78 is 15.4. The maximum Gasteiger partial charge on any atom is 0.233 e. The molecule has 0 spiro atoms. The van der Waals surface area contributed by atoms with Gasteiger partial charge in [0, 0.05) is 17.8 Å². The van der Waals surface area contributed by atoms with Gasteiger partial charge in [0.25, 0.3) is 0 Å². The summed E-state index contributed by atoms with van der Waals surface area (Å²) in [5, 5.41) is 9.39. The number of amides is 1. The standard InChI is InChI=1S/C21H30FN5OS/c1-14-7-6-8-15(2)26(14)19(28)13-29-21-24-23-20(16(3)25(4)5)27(21)18-11-9-17(22)10-12-18/h9-12,14-16H,6-8,13H2,1-5H3/t14-,15-,16-/m1/s1. The molecule has 29 heavy (non-hydrogen) atoms. The third-order valence-corrected chi connectivity index (χ3v) is 6.61. The number of thioether (sulfide) groups is 1. The first kappa shape index (κ1) is 21.8. The van der Waals surface area contributed by atoms with Crippen LogP contribution in [0, 0.1) is 5.82 Å². The molecule has 2 heterocycles. The molecular weight excluding hydrogens is 389 g/mol. The van der Waals surface area contributed by atoms with Crippen LogP contribution in [0.4, 0.5) is 4.39 Å². The Bertz CT molecular complexity index is 828. The highest BCUT2D eigenvalue weighted by Gasteiger charge is 2.29. The molecule has 3 atom stereocenters. The second-order valence-electron chi connectivity index (χ2n) is 8.01. The molecule has 0 saturated carbocycles. The maximum absolute atomic E-state index is 13.4. The molecule has 0 bridgehead atoms. The van der Waals surface area contributed by atoms with Crippen molar-refractivity contribution in [3.05, 3.63) is 35.9 Å². The predicted molar refractivity (Wildman–Crippen MR) is 114 cm³/mol. The Morgan fingerprint density at radius 2 is 1.83 bits per heavy atom. The predicted octanol–water partition coefficient (Wildman–Crippen LogP) is 3.91. The zero-order valence-electron chi connectivity index (χ0n) is 17.8. The molecular formula is C21H30FN5OS. The van der Waals surface area contributed by atoms with Crippen molar-refractivity contribution < 1.29 is 9.18 Å². The molecule has 1 saturated heterocycles. The number of rotatable bonds is 6. The molecule has 0 aliphatic carbocycles. The van der Waals surface area contributed by atoms with E-state index < -0.39 is 0 Å². The first-order chi connectivity index (χ1) is 13.8. The number of carbonyl (C=O) groups excluding carboxylic acids is 1. The van der Waals surface area contributed by atoms with Gasteiger partial charge in [0.1, 0.15) is 5.82 Å². The SMILES string of the molecule is C[C@H](c1nnc(SCC(=O)N2[C@H](C)CCC[C@H]2C)n1-c1ccc(F)cc1)N(C)C. The van der Waals surface area contributed by atoms with Crippen molar-refractivity contribution in [1.82, 2.24) is 24.6 Å². The van der Waals surface area contributed by atoms with Crippen molar-refractivity contribution in [2.24, 2.45) is 0 Å². The molecule has 1 aliphatic rings. The molecule has 8 heteroatoms. The highest BCUT2D eigenvalue weighted by Crippen LogP contribution is 2.29. The van der Waals surface area contributed by atoms with Gasteiger partial charge in [-0.3, -0.25) is 14.3 Å². The van der Waals surface area contributed by atoms with Crippen LogP contribution >= 0.6 is 11.8 Å². The van der Waals surface area contributed by atoms with E-state index in [1.165, 1.54) is 30.3 Å². The van der Waals surface area contributed by atoms with Gasteiger partial charge in [-0.15, -0.1) is 10.2 Å². The summed E-state index contributed by atoms with van der Waals surface area (Å²) in [6.07, 6.45) is 3.28. The van der Waals surface area contributed by atoms with Crippen molar-refractivity contribution >= 4 is 17.7 Å². The highest BCUT2D eigenvalue weighted by molar-refractivity contribution is 7.99. The van der Waals surface area contributed by atoms with E-state index in [0.29, 0.717) is 10.9 Å². The Hall–Kier alpha value is -1.93. The van der Waals surface area contributed by atoms with E-state index in [2.05, 4.69) is 24.0 Å². The number of nitrogens with zero attached hydrogens (tertiary/aromatic N) is 5. The minimum absolute atomic E-state index is 0.0137. The largest absolute Gasteiger partial charge is 0.337 e. The molecule has 0 radical (unpaired) electrons. The van der Waals surface area contributed by atoms with Crippen molar-refractivity contribution in [3.8, 4) is 5.69 Å². The van der Waals surface area contributed by atoms with Crippen LogP contribution < -0.4 is 0 Å². The highest BCUT2D eigenvalue weighted by atomic mass is 32.2. The van der Waals surface area contributed by atoms with E-state index in [1.807, 2.05) is 35.4 Å². The Labute approximate surface area is 176 Å². The monoisotopic (exact) mass is 419 g/mol. The Morgan fingerprint density at radius 3 is 2.41 bits per heavy atom. The van der Waals surface area contributed by atoms with E-state index in [-0.39, 0.29) is 29.8 Å².